The van der Waals surface area contributed by atoms with E-state index in [1.807, 2.05) is 23.1 Å². The summed E-state index contributed by atoms with van der Waals surface area (Å²) < 4.78 is 11.4. The SMILES string of the molecule is Cc1cccc(N2CCN(C(=O)CSc3ccc4c(c3)OCCCO4)CC2)c1. The van der Waals surface area contributed by atoms with E-state index in [1.165, 1.54) is 11.3 Å². The van der Waals surface area contributed by atoms with Crippen molar-refractivity contribution in [3.63, 3.8) is 0 Å². The van der Waals surface area contributed by atoms with Crippen LogP contribution in [0, 0.1) is 6.92 Å². The molecule has 1 fully saturated rings. The second-order valence-electron chi connectivity index (χ2n) is 7.15. The van der Waals surface area contributed by atoms with Crippen LogP contribution in [0.2, 0.25) is 0 Å². The third-order valence-electron chi connectivity index (χ3n) is 5.08. The lowest BCUT2D eigenvalue weighted by molar-refractivity contribution is -0.128. The monoisotopic (exact) mass is 398 g/mol. The average Bonchev–Trinajstić information content (AvgIpc) is 2.97. The van der Waals surface area contributed by atoms with Crippen molar-refractivity contribution in [3.05, 3.63) is 48.0 Å². The summed E-state index contributed by atoms with van der Waals surface area (Å²) in [5.74, 6) is 2.22. The first-order valence-corrected chi connectivity index (χ1v) is 10.8. The van der Waals surface area contributed by atoms with Crippen LogP contribution in [0.25, 0.3) is 0 Å². The number of aryl methyl sites for hydroxylation is 1. The molecule has 2 aromatic rings. The zero-order valence-electron chi connectivity index (χ0n) is 16.2. The van der Waals surface area contributed by atoms with Gasteiger partial charge in [0.25, 0.3) is 0 Å². The molecule has 0 bridgehead atoms. The van der Waals surface area contributed by atoms with Gasteiger partial charge in [0.2, 0.25) is 5.91 Å². The first-order valence-electron chi connectivity index (χ1n) is 9.81. The van der Waals surface area contributed by atoms with Crippen molar-refractivity contribution in [3.8, 4) is 11.5 Å². The zero-order chi connectivity index (χ0) is 19.3. The van der Waals surface area contributed by atoms with Gasteiger partial charge in [-0.3, -0.25) is 4.79 Å². The molecule has 28 heavy (non-hydrogen) atoms. The van der Waals surface area contributed by atoms with Gasteiger partial charge in [-0.1, -0.05) is 12.1 Å². The largest absolute Gasteiger partial charge is 0.490 e. The van der Waals surface area contributed by atoms with E-state index < -0.39 is 0 Å². The molecule has 0 saturated carbocycles. The molecule has 0 spiro atoms. The lowest BCUT2D eigenvalue weighted by Gasteiger charge is -2.36. The van der Waals surface area contributed by atoms with Crippen LogP contribution in [0.4, 0.5) is 5.69 Å². The molecule has 2 aliphatic rings. The van der Waals surface area contributed by atoms with Gasteiger partial charge in [0, 0.05) is 43.2 Å². The normalized spacial score (nSPS) is 16.6. The number of benzene rings is 2. The Hall–Kier alpha value is -2.34. The second-order valence-corrected chi connectivity index (χ2v) is 8.20. The maximum atomic E-state index is 12.6. The van der Waals surface area contributed by atoms with Gasteiger partial charge in [-0.15, -0.1) is 11.8 Å². The van der Waals surface area contributed by atoms with Crippen molar-refractivity contribution in [2.45, 2.75) is 18.2 Å². The molecule has 5 nitrogen and oxygen atoms in total. The molecule has 0 aromatic heterocycles. The van der Waals surface area contributed by atoms with Crippen LogP contribution in [0.5, 0.6) is 11.5 Å². The van der Waals surface area contributed by atoms with Crippen LogP contribution in [0.1, 0.15) is 12.0 Å². The Morgan fingerprint density at radius 1 is 1.00 bits per heavy atom. The minimum Gasteiger partial charge on any atom is -0.490 e. The van der Waals surface area contributed by atoms with Crippen LogP contribution in [0.3, 0.4) is 0 Å². The summed E-state index contributed by atoms with van der Waals surface area (Å²) in [5.41, 5.74) is 2.51. The Bertz CT molecular complexity index is 834. The number of carbonyl (C=O) groups excluding carboxylic acids is 1. The van der Waals surface area contributed by atoms with Crippen LogP contribution < -0.4 is 14.4 Å². The van der Waals surface area contributed by atoms with E-state index in [0.717, 1.165) is 49.0 Å². The van der Waals surface area contributed by atoms with Gasteiger partial charge in [0.05, 0.1) is 19.0 Å². The summed E-state index contributed by atoms with van der Waals surface area (Å²) in [6, 6.07) is 14.5. The van der Waals surface area contributed by atoms with Crippen LogP contribution >= 0.6 is 11.8 Å². The fraction of sp³-hybridized carbons (Fsp3) is 0.409. The van der Waals surface area contributed by atoms with Crippen LogP contribution in [-0.4, -0.2) is 56.0 Å². The number of piperazine rings is 1. The maximum Gasteiger partial charge on any atom is 0.233 e. The standard InChI is InChI=1S/C22H26N2O3S/c1-17-4-2-5-18(14-17)23-8-10-24(11-9-23)22(25)16-28-19-6-7-20-21(15-19)27-13-3-12-26-20/h2,4-7,14-15H,3,8-13,16H2,1H3. The third-order valence-corrected chi connectivity index (χ3v) is 6.06. The van der Waals surface area contributed by atoms with Gasteiger partial charge in [-0.25, -0.2) is 0 Å². The third kappa shape index (κ3) is 4.55. The highest BCUT2D eigenvalue weighted by atomic mass is 32.2. The van der Waals surface area contributed by atoms with Crippen molar-refractivity contribution >= 4 is 23.4 Å². The molecule has 148 valence electrons. The minimum atomic E-state index is 0.195. The number of ether oxygens (including phenoxy) is 2. The van der Waals surface area contributed by atoms with Gasteiger partial charge >= 0.3 is 0 Å². The Morgan fingerprint density at radius 3 is 2.57 bits per heavy atom. The molecule has 2 heterocycles. The highest BCUT2D eigenvalue weighted by Crippen LogP contribution is 2.34. The number of anilines is 1. The van der Waals surface area contributed by atoms with Gasteiger partial charge in [0.15, 0.2) is 11.5 Å². The zero-order valence-corrected chi connectivity index (χ0v) is 17.0. The van der Waals surface area contributed by atoms with E-state index in [0.29, 0.717) is 19.0 Å². The number of hydrogen-bond acceptors (Lipinski definition) is 5. The number of carbonyl (C=O) groups is 1. The van der Waals surface area contributed by atoms with Crippen molar-refractivity contribution in [1.29, 1.82) is 0 Å². The number of hydrogen-bond donors (Lipinski definition) is 0. The number of thioether (sulfide) groups is 1. The summed E-state index contributed by atoms with van der Waals surface area (Å²) in [5, 5.41) is 0. The smallest absolute Gasteiger partial charge is 0.233 e. The van der Waals surface area contributed by atoms with E-state index in [2.05, 4.69) is 36.1 Å². The molecule has 1 amide bonds. The fourth-order valence-electron chi connectivity index (χ4n) is 3.51. The lowest BCUT2D eigenvalue weighted by Crippen LogP contribution is -2.49. The molecule has 0 atom stereocenters. The number of rotatable bonds is 4. The highest BCUT2D eigenvalue weighted by molar-refractivity contribution is 8.00. The predicted octanol–water partition coefficient (Wildman–Crippen LogP) is 3.60. The van der Waals surface area contributed by atoms with Gasteiger partial charge in [-0.2, -0.15) is 0 Å². The van der Waals surface area contributed by atoms with E-state index in [-0.39, 0.29) is 5.91 Å². The van der Waals surface area contributed by atoms with Crippen LogP contribution in [-0.2, 0) is 4.79 Å². The molecule has 2 aliphatic heterocycles. The van der Waals surface area contributed by atoms with Gasteiger partial charge < -0.3 is 19.3 Å². The van der Waals surface area contributed by atoms with Gasteiger partial charge in [-0.05, 0) is 42.8 Å². The Balaban J connectivity index is 1.29. The number of fused-ring (bicyclic) bond motifs is 1. The Labute approximate surface area is 170 Å². The molecule has 0 radical (unpaired) electrons. The minimum absolute atomic E-state index is 0.195. The Morgan fingerprint density at radius 2 is 1.79 bits per heavy atom. The van der Waals surface area contributed by atoms with E-state index in [9.17, 15) is 4.79 Å². The van der Waals surface area contributed by atoms with E-state index >= 15 is 0 Å². The molecule has 0 aliphatic carbocycles. The quantitative estimate of drug-likeness (QED) is 0.736. The number of amides is 1. The van der Waals surface area contributed by atoms with Crippen molar-refractivity contribution in [1.82, 2.24) is 4.90 Å². The lowest BCUT2D eigenvalue weighted by atomic mass is 10.2. The molecule has 6 heteroatoms. The maximum absolute atomic E-state index is 12.6. The van der Waals surface area contributed by atoms with Crippen molar-refractivity contribution < 1.29 is 14.3 Å². The summed E-state index contributed by atoms with van der Waals surface area (Å²) in [7, 11) is 0. The predicted molar refractivity (Wildman–Crippen MR) is 113 cm³/mol. The first-order chi connectivity index (χ1) is 13.7. The van der Waals surface area contributed by atoms with Crippen molar-refractivity contribution in [2.24, 2.45) is 0 Å². The molecular formula is C22H26N2O3S. The van der Waals surface area contributed by atoms with E-state index in [1.54, 1.807) is 11.8 Å². The molecule has 0 unspecified atom stereocenters. The first kappa shape index (κ1) is 19.0. The summed E-state index contributed by atoms with van der Waals surface area (Å²) in [4.78, 5) is 18.0. The van der Waals surface area contributed by atoms with Crippen molar-refractivity contribution in [2.75, 3.05) is 50.0 Å². The number of nitrogens with zero attached hydrogens (tertiary/aromatic N) is 2. The molecule has 1 saturated heterocycles. The molecule has 2 aromatic carbocycles. The summed E-state index contributed by atoms with van der Waals surface area (Å²) >= 11 is 1.56. The van der Waals surface area contributed by atoms with Crippen LogP contribution in [0.15, 0.2) is 47.4 Å². The second kappa shape index (κ2) is 8.78. The average molecular weight is 399 g/mol. The molecular weight excluding hydrogens is 372 g/mol. The van der Waals surface area contributed by atoms with E-state index in [4.69, 9.17) is 9.47 Å². The highest BCUT2D eigenvalue weighted by Gasteiger charge is 2.21. The van der Waals surface area contributed by atoms with Gasteiger partial charge in [0.1, 0.15) is 0 Å². The fourth-order valence-corrected chi connectivity index (χ4v) is 4.34. The summed E-state index contributed by atoms with van der Waals surface area (Å²) in [6.07, 6.45) is 0.893. The Kier molecular flexibility index (Phi) is 5.95. The topological polar surface area (TPSA) is 42.0 Å². The molecule has 4 rings (SSSR count). The summed E-state index contributed by atoms with van der Waals surface area (Å²) in [6.45, 7) is 6.77. The molecule has 0 N–H and O–H groups in total.